The minimum atomic E-state index is 0.0956. The van der Waals surface area contributed by atoms with Gasteiger partial charge in [0.1, 0.15) is 0 Å². The molecule has 0 aliphatic carbocycles. The van der Waals surface area contributed by atoms with Crippen molar-refractivity contribution in [3.05, 3.63) is 33.8 Å². The maximum absolute atomic E-state index is 12.2. The topological polar surface area (TPSA) is 20.3 Å². The Balaban J connectivity index is 2.99. The highest BCUT2D eigenvalue weighted by molar-refractivity contribution is 9.10. The van der Waals surface area contributed by atoms with Gasteiger partial charge < -0.3 is 4.90 Å². The number of aryl methyl sites for hydroxylation is 1. The van der Waals surface area contributed by atoms with Crippen LogP contribution in [0.2, 0.25) is 0 Å². The van der Waals surface area contributed by atoms with Crippen LogP contribution in [-0.2, 0) is 0 Å². The summed E-state index contributed by atoms with van der Waals surface area (Å²) in [7, 11) is 0. The zero-order chi connectivity index (χ0) is 12.3. The van der Waals surface area contributed by atoms with Crippen molar-refractivity contribution in [2.24, 2.45) is 0 Å². The van der Waals surface area contributed by atoms with Gasteiger partial charge in [-0.3, -0.25) is 4.79 Å². The van der Waals surface area contributed by atoms with Gasteiger partial charge in [0.25, 0.3) is 5.91 Å². The summed E-state index contributed by atoms with van der Waals surface area (Å²) in [5.74, 6) is 0.0956. The van der Waals surface area contributed by atoms with E-state index in [-0.39, 0.29) is 11.9 Å². The molecule has 0 spiro atoms. The Kier molecular flexibility index (Phi) is 4.54. The van der Waals surface area contributed by atoms with Crippen LogP contribution in [0.3, 0.4) is 0 Å². The molecule has 16 heavy (non-hydrogen) atoms. The first-order valence-corrected chi connectivity index (χ1v) is 6.33. The van der Waals surface area contributed by atoms with Crippen molar-refractivity contribution in [3.8, 4) is 0 Å². The number of amides is 1. The van der Waals surface area contributed by atoms with E-state index in [0.29, 0.717) is 0 Å². The molecule has 1 aromatic carbocycles. The molecule has 1 amide bonds. The highest BCUT2D eigenvalue weighted by atomic mass is 79.9. The molecule has 0 atom stereocenters. The lowest BCUT2D eigenvalue weighted by Gasteiger charge is -2.25. The third kappa shape index (κ3) is 2.85. The third-order valence-electron chi connectivity index (χ3n) is 2.64. The first-order valence-electron chi connectivity index (χ1n) is 5.54. The summed E-state index contributed by atoms with van der Waals surface area (Å²) in [6.45, 7) is 8.82. The summed E-state index contributed by atoms with van der Waals surface area (Å²) in [5, 5.41) is 0. The third-order valence-corrected chi connectivity index (χ3v) is 3.50. The Morgan fingerprint density at radius 3 is 2.50 bits per heavy atom. The second-order valence-corrected chi connectivity index (χ2v) is 5.00. The van der Waals surface area contributed by atoms with E-state index < -0.39 is 0 Å². The normalized spacial score (nSPS) is 10.6. The SMILES string of the molecule is CCN(C(=O)c1ccc(C)c(Br)c1)C(C)C. The number of carbonyl (C=O) groups excluding carboxylic acids is 1. The summed E-state index contributed by atoms with van der Waals surface area (Å²) in [4.78, 5) is 14.0. The number of rotatable bonds is 3. The molecule has 0 fully saturated rings. The van der Waals surface area contributed by atoms with Crippen LogP contribution in [0.1, 0.15) is 36.7 Å². The van der Waals surface area contributed by atoms with Crippen LogP contribution < -0.4 is 0 Å². The zero-order valence-electron chi connectivity index (χ0n) is 10.2. The maximum Gasteiger partial charge on any atom is 0.254 e. The quantitative estimate of drug-likeness (QED) is 0.830. The fourth-order valence-electron chi connectivity index (χ4n) is 1.63. The second kappa shape index (κ2) is 5.48. The molecule has 2 nitrogen and oxygen atoms in total. The van der Waals surface area contributed by atoms with Crippen molar-refractivity contribution >= 4 is 21.8 Å². The minimum absolute atomic E-state index is 0.0956. The molecule has 0 saturated heterocycles. The van der Waals surface area contributed by atoms with Gasteiger partial charge in [0.2, 0.25) is 0 Å². The van der Waals surface area contributed by atoms with E-state index in [9.17, 15) is 4.79 Å². The minimum Gasteiger partial charge on any atom is -0.337 e. The van der Waals surface area contributed by atoms with E-state index >= 15 is 0 Å². The van der Waals surface area contributed by atoms with E-state index in [2.05, 4.69) is 15.9 Å². The van der Waals surface area contributed by atoms with Crippen LogP contribution in [-0.4, -0.2) is 23.4 Å². The molecule has 0 aliphatic heterocycles. The van der Waals surface area contributed by atoms with Crippen LogP contribution in [0, 0.1) is 6.92 Å². The van der Waals surface area contributed by atoms with Gasteiger partial charge in [-0.2, -0.15) is 0 Å². The highest BCUT2D eigenvalue weighted by Crippen LogP contribution is 2.19. The summed E-state index contributed by atoms with van der Waals surface area (Å²) in [6, 6.07) is 5.97. The summed E-state index contributed by atoms with van der Waals surface area (Å²) in [6.07, 6.45) is 0. The number of nitrogens with zero attached hydrogens (tertiary/aromatic N) is 1. The Labute approximate surface area is 106 Å². The largest absolute Gasteiger partial charge is 0.337 e. The van der Waals surface area contributed by atoms with Crippen LogP contribution in [0.4, 0.5) is 0 Å². The zero-order valence-corrected chi connectivity index (χ0v) is 11.8. The standard InChI is InChI=1S/C13H18BrNO/c1-5-15(9(2)3)13(16)11-7-6-10(4)12(14)8-11/h6-9H,5H2,1-4H3. The van der Waals surface area contributed by atoms with E-state index in [4.69, 9.17) is 0 Å². The van der Waals surface area contributed by atoms with Crippen LogP contribution >= 0.6 is 15.9 Å². The molecule has 88 valence electrons. The molecule has 0 N–H and O–H groups in total. The predicted molar refractivity (Wildman–Crippen MR) is 70.7 cm³/mol. The van der Waals surface area contributed by atoms with Crippen LogP contribution in [0.25, 0.3) is 0 Å². The van der Waals surface area contributed by atoms with Gasteiger partial charge in [0.05, 0.1) is 0 Å². The van der Waals surface area contributed by atoms with E-state index in [1.165, 1.54) is 0 Å². The monoisotopic (exact) mass is 283 g/mol. The van der Waals surface area contributed by atoms with Gasteiger partial charge in [-0.25, -0.2) is 0 Å². The predicted octanol–water partition coefficient (Wildman–Crippen LogP) is 3.63. The highest BCUT2D eigenvalue weighted by Gasteiger charge is 2.17. The molecule has 1 aromatic rings. The van der Waals surface area contributed by atoms with E-state index in [1.807, 2.05) is 50.8 Å². The molecular formula is C13H18BrNO. The van der Waals surface area contributed by atoms with Crippen LogP contribution in [0.15, 0.2) is 22.7 Å². The number of hydrogen-bond donors (Lipinski definition) is 0. The molecule has 1 rings (SSSR count). The molecule has 0 aliphatic rings. The number of hydrogen-bond acceptors (Lipinski definition) is 1. The van der Waals surface area contributed by atoms with Gasteiger partial charge in [-0.15, -0.1) is 0 Å². The molecule has 0 heterocycles. The Hall–Kier alpha value is -0.830. The van der Waals surface area contributed by atoms with Crippen molar-refractivity contribution in [1.82, 2.24) is 4.90 Å². The molecule has 0 saturated carbocycles. The Bertz CT molecular complexity index is 388. The Morgan fingerprint density at radius 1 is 1.44 bits per heavy atom. The smallest absolute Gasteiger partial charge is 0.254 e. The first kappa shape index (κ1) is 13.2. The van der Waals surface area contributed by atoms with Gasteiger partial charge >= 0.3 is 0 Å². The van der Waals surface area contributed by atoms with E-state index in [0.717, 1.165) is 22.1 Å². The van der Waals surface area contributed by atoms with Gasteiger partial charge in [-0.1, -0.05) is 22.0 Å². The molecule has 3 heteroatoms. The van der Waals surface area contributed by atoms with E-state index in [1.54, 1.807) is 0 Å². The second-order valence-electron chi connectivity index (χ2n) is 4.15. The summed E-state index contributed by atoms with van der Waals surface area (Å²) >= 11 is 3.45. The molecular weight excluding hydrogens is 266 g/mol. The van der Waals surface area contributed by atoms with Gasteiger partial charge in [0.15, 0.2) is 0 Å². The summed E-state index contributed by atoms with van der Waals surface area (Å²) < 4.78 is 0.984. The Morgan fingerprint density at radius 2 is 2.06 bits per heavy atom. The number of benzene rings is 1. The fraction of sp³-hybridized carbons (Fsp3) is 0.462. The molecule has 0 radical (unpaired) electrons. The molecule has 0 unspecified atom stereocenters. The van der Waals surface area contributed by atoms with Crippen molar-refractivity contribution in [2.75, 3.05) is 6.54 Å². The number of halogens is 1. The molecule has 0 bridgehead atoms. The van der Waals surface area contributed by atoms with Crippen molar-refractivity contribution in [2.45, 2.75) is 33.7 Å². The average Bonchev–Trinajstić information content (AvgIpc) is 2.22. The maximum atomic E-state index is 12.2. The first-order chi connectivity index (χ1) is 7.47. The lowest BCUT2D eigenvalue weighted by atomic mass is 10.1. The van der Waals surface area contributed by atoms with Crippen molar-refractivity contribution in [3.63, 3.8) is 0 Å². The average molecular weight is 284 g/mol. The lowest BCUT2D eigenvalue weighted by Crippen LogP contribution is -2.36. The van der Waals surface area contributed by atoms with Crippen LogP contribution in [0.5, 0.6) is 0 Å². The number of carbonyl (C=O) groups is 1. The molecule has 0 aromatic heterocycles. The lowest BCUT2D eigenvalue weighted by molar-refractivity contribution is 0.0717. The van der Waals surface area contributed by atoms with Crippen molar-refractivity contribution in [1.29, 1.82) is 0 Å². The van der Waals surface area contributed by atoms with Gasteiger partial charge in [-0.05, 0) is 45.4 Å². The summed E-state index contributed by atoms with van der Waals surface area (Å²) in [5.41, 5.74) is 1.89. The van der Waals surface area contributed by atoms with Gasteiger partial charge in [0, 0.05) is 22.6 Å². The fourth-order valence-corrected chi connectivity index (χ4v) is 2.01. The van der Waals surface area contributed by atoms with Crippen molar-refractivity contribution < 1.29 is 4.79 Å².